The van der Waals surface area contributed by atoms with Crippen LogP contribution in [-0.4, -0.2) is 4.98 Å². The zero-order valence-corrected chi connectivity index (χ0v) is 12.3. The molecule has 0 unspecified atom stereocenters. The molecule has 0 radical (unpaired) electrons. The van der Waals surface area contributed by atoms with Gasteiger partial charge in [-0.1, -0.05) is 12.1 Å². The molecule has 0 saturated heterocycles. The van der Waals surface area contributed by atoms with Crippen molar-refractivity contribution in [3.05, 3.63) is 50.5 Å². The first-order valence-electron chi connectivity index (χ1n) is 6.25. The summed E-state index contributed by atoms with van der Waals surface area (Å²) < 4.78 is 0. The molecule has 96 valence electrons. The minimum Gasteiger partial charge on any atom is -0.308 e. The van der Waals surface area contributed by atoms with Gasteiger partial charge in [-0.3, -0.25) is 0 Å². The van der Waals surface area contributed by atoms with Gasteiger partial charge < -0.3 is 5.32 Å². The zero-order valence-electron chi connectivity index (χ0n) is 11.5. The fourth-order valence-corrected chi connectivity index (χ4v) is 2.78. The van der Waals surface area contributed by atoms with Gasteiger partial charge in [0.1, 0.15) is 0 Å². The van der Waals surface area contributed by atoms with E-state index in [1.54, 1.807) is 11.3 Å². The molecule has 0 atom stereocenters. The lowest BCUT2D eigenvalue weighted by Gasteiger charge is -2.10. The number of hydrogen-bond acceptors (Lipinski definition) is 3. The molecule has 0 aliphatic heterocycles. The third-order valence-electron chi connectivity index (χ3n) is 3.24. The van der Waals surface area contributed by atoms with Gasteiger partial charge in [-0.15, -0.1) is 11.3 Å². The van der Waals surface area contributed by atoms with Gasteiger partial charge in [0.25, 0.3) is 0 Å². The molecule has 0 amide bonds. The maximum absolute atomic E-state index is 4.26. The van der Waals surface area contributed by atoms with Crippen molar-refractivity contribution in [2.45, 2.75) is 40.8 Å². The first kappa shape index (κ1) is 13.2. The molecule has 0 aliphatic rings. The smallest absolute Gasteiger partial charge is 0.0897 e. The van der Waals surface area contributed by atoms with Gasteiger partial charge in [-0.2, -0.15) is 0 Å². The second-order valence-corrected chi connectivity index (χ2v) is 6.13. The number of thiazole rings is 1. The summed E-state index contributed by atoms with van der Waals surface area (Å²) in [7, 11) is 0. The first-order valence-corrected chi connectivity index (χ1v) is 7.06. The Morgan fingerprint density at radius 2 is 1.72 bits per heavy atom. The Bertz CT molecular complexity index is 543. The van der Waals surface area contributed by atoms with Crippen molar-refractivity contribution in [2.24, 2.45) is 0 Å². The van der Waals surface area contributed by atoms with Crippen LogP contribution < -0.4 is 5.32 Å². The van der Waals surface area contributed by atoms with E-state index < -0.39 is 0 Å². The lowest BCUT2D eigenvalue weighted by Crippen LogP contribution is -2.13. The van der Waals surface area contributed by atoms with Gasteiger partial charge >= 0.3 is 0 Å². The van der Waals surface area contributed by atoms with Gasteiger partial charge in [0.2, 0.25) is 0 Å². The van der Waals surface area contributed by atoms with E-state index in [1.165, 1.54) is 27.1 Å². The molecule has 0 fully saturated rings. The lowest BCUT2D eigenvalue weighted by molar-refractivity contribution is 0.696. The summed E-state index contributed by atoms with van der Waals surface area (Å²) in [5.74, 6) is 0. The average Bonchev–Trinajstić information content (AvgIpc) is 2.71. The molecule has 2 rings (SSSR count). The molecule has 1 N–H and O–H groups in total. The molecule has 0 aliphatic carbocycles. The van der Waals surface area contributed by atoms with Crippen LogP contribution in [0.3, 0.4) is 0 Å². The highest BCUT2D eigenvalue weighted by Crippen LogP contribution is 2.16. The predicted molar refractivity (Wildman–Crippen MR) is 78.0 cm³/mol. The van der Waals surface area contributed by atoms with Crippen molar-refractivity contribution in [2.75, 3.05) is 0 Å². The van der Waals surface area contributed by atoms with Crippen LogP contribution in [0.25, 0.3) is 0 Å². The summed E-state index contributed by atoms with van der Waals surface area (Å²) in [6, 6.07) is 4.55. The molecule has 3 heteroatoms. The highest BCUT2D eigenvalue weighted by atomic mass is 32.1. The fraction of sp³-hybridized carbons (Fsp3) is 0.400. The monoisotopic (exact) mass is 260 g/mol. The maximum Gasteiger partial charge on any atom is 0.0897 e. The second kappa shape index (κ2) is 5.63. The molecule has 18 heavy (non-hydrogen) atoms. The first-order chi connectivity index (χ1) is 8.56. The van der Waals surface area contributed by atoms with Gasteiger partial charge in [-0.05, 0) is 49.9 Å². The normalized spacial score (nSPS) is 10.9. The zero-order chi connectivity index (χ0) is 13.1. The van der Waals surface area contributed by atoms with Crippen molar-refractivity contribution in [1.29, 1.82) is 0 Å². The van der Waals surface area contributed by atoms with E-state index in [0.29, 0.717) is 0 Å². The van der Waals surface area contributed by atoms with Gasteiger partial charge in [-0.25, -0.2) is 4.98 Å². The van der Waals surface area contributed by atoms with Crippen LogP contribution in [0.15, 0.2) is 18.3 Å². The van der Waals surface area contributed by atoms with Gasteiger partial charge in [0.05, 0.1) is 5.01 Å². The van der Waals surface area contributed by atoms with Crippen LogP contribution >= 0.6 is 11.3 Å². The third-order valence-corrected chi connectivity index (χ3v) is 4.15. The Hall–Kier alpha value is -1.19. The van der Waals surface area contributed by atoms with Crippen LogP contribution in [0, 0.1) is 27.7 Å². The number of rotatable bonds is 4. The molecule has 1 aromatic heterocycles. The van der Waals surface area contributed by atoms with Crippen molar-refractivity contribution >= 4 is 11.3 Å². The van der Waals surface area contributed by atoms with Crippen LogP contribution in [0.5, 0.6) is 0 Å². The van der Waals surface area contributed by atoms with Crippen LogP contribution in [0.1, 0.15) is 32.1 Å². The van der Waals surface area contributed by atoms with E-state index in [-0.39, 0.29) is 0 Å². The summed E-state index contributed by atoms with van der Waals surface area (Å²) in [6.45, 7) is 10.4. The van der Waals surface area contributed by atoms with Crippen molar-refractivity contribution < 1.29 is 0 Å². The summed E-state index contributed by atoms with van der Waals surface area (Å²) in [6.07, 6.45) is 1.96. The van der Waals surface area contributed by atoms with Gasteiger partial charge in [0.15, 0.2) is 0 Å². The quantitative estimate of drug-likeness (QED) is 0.907. The number of aryl methyl sites for hydroxylation is 4. The molecule has 1 aromatic carbocycles. The molecule has 2 nitrogen and oxygen atoms in total. The lowest BCUT2D eigenvalue weighted by atomic mass is 10.0. The number of benzene rings is 1. The van der Waals surface area contributed by atoms with E-state index in [1.807, 2.05) is 13.1 Å². The third kappa shape index (κ3) is 3.18. The van der Waals surface area contributed by atoms with Crippen LogP contribution in [0.4, 0.5) is 0 Å². The topological polar surface area (TPSA) is 24.9 Å². The number of nitrogens with zero attached hydrogens (tertiary/aromatic N) is 1. The Balaban J connectivity index is 1.96. The maximum atomic E-state index is 4.26. The summed E-state index contributed by atoms with van der Waals surface area (Å²) in [5.41, 5.74) is 5.49. The van der Waals surface area contributed by atoms with E-state index in [2.05, 4.69) is 43.2 Å². The number of hydrogen-bond donors (Lipinski definition) is 1. The molecule has 2 aromatic rings. The van der Waals surface area contributed by atoms with Gasteiger partial charge in [0, 0.05) is 24.2 Å². The SMILES string of the molecule is Cc1ncc(CNCc2cc(C)c(C)cc2C)s1. The molecular weight excluding hydrogens is 240 g/mol. The van der Waals surface area contributed by atoms with Crippen LogP contribution in [-0.2, 0) is 13.1 Å². The Kier molecular flexibility index (Phi) is 4.15. The van der Waals surface area contributed by atoms with Crippen LogP contribution in [0.2, 0.25) is 0 Å². The molecule has 1 heterocycles. The second-order valence-electron chi connectivity index (χ2n) is 4.81. The molecular formula is C15H20N2S. The predicted octanol–water partition coefficient (Wildman–Crippen LogP) is 3.67. The van der Waals surface area contributed by atoms with Crippen molar-refractivity contribution in [3.63, 3.8) is 0 Å². The Morgan fingerprint density at radius 3 is 2.39 bits per heavy atom. The van der Waals surface area contributed by atoms with E-state index in [0.717, 1.165) is 18.1 Å². The fourth-order valence-electron chi connectivity index (χ4n) is 2.02. The number of nitrogens with one attached hydrogen (secondary N) is 1. The Morgan fingerprint density at radius 1 is 1.00 bits per heavy atom. The van der Waals surface area contributed by atoms with E-state index in [4.69, 9.17) is 0 Å². The van der Waals surface area contributed by atoms with Crippen molar-refractivity contribution in [3.8, 4) is 0 Å². The Labute approximate surface area is 113 Å². The standard InChI is InChI=1S/C15H20N2S/c1-10-5-12(3)14(6-11(10)2)7-16-8-15-9-17-13(4)18-15/h5-6,9,16H,7-8H2,1-4H3. The highest BCUT2D eigenvalue weighted by molar-refractivity contribution is 7.11. The molecule has 0 spiro atoms. The molecule has 0 saturated carbocycles. The summed E-state index contributed by atoms with van der Waals surface area (Å²) >= 11 is 1.76. The minimum atomic E-state index is 0.901. The van der Waals surface area contributed by atoms with E-state index >= 15 is 0 Å². The summed E-state index contributed by atoms with van der Waals surface area (Å²) in [5, 5.41) is 4.62. The highest BCUT2D eigenvalue weighted by Gasteiger charge is 2.02. The van der Waals surface area contributed by atoms with E-state index in [9.17, 15) is 0 Å². The number of aromatic nitrogens is 1. The minimum absolute atomic E-state index is 0.901. The largest absolute Gasteiger partial charge is 0.308 e. The average molecular weight is 260 g/mol. The summed E-state index contributed by atoms with van der Waals surface area (Å²) in [4.78, 5) is 5.56. The molecule has 0 bridgehead atoms. The van der Waals surface area contributed by atoms with Crippen molar-refractivity contribution in [1.82, 2.24) is 10.3 Å².